The zero-order valence-electron chi connectivity index (χ0n) is 74.1. The predicted octanol–water partition coefficient (Wildman–Crippen LogP) is 24.5. The summed E-state index contributed by atoms with van der Waals surface area (Å²) in [6.07, 6.45) is 28.4. The first-order chi connectivity index (χ1) is 50.1. The minimum atomic E-state index is 0.0280. The lowest BCUT2D eigenvalue weighted by Gasteiger charge is -2.53. The molecule has 4 N–H and O–H groups in total. The van der Waals surface area contributed by atoms with E-state index in [1.165, 1.54) is 69.8 Å². The van der Waals surface area contributed by atoms with Crippen LogP contribution >= 0.6 is 0 Å². The summed E-state index contributed by atoms with van der Waals surface area (Å²) in [4.78, 5) is 59.9. The van der Waals surface area contributed by atoms with Crippen LogP contribution in [0, 0.1) is 96.6 Å². The lowest BCUT2D eigenvalue weighted by atomic mass is 9.53. The van der Waals surface area contributed by atoms with Gasteiger partial charge in [-0.05, 0) is 268 Å². The minimum absolute atomic E-state index is 0.0280. The molecule has 5 aliphatic carbocycles. The first kappa shape index (κ1) is 92.8. The first-order valence-corrected chi connectivity index (χ1v) is 42.6. The fraction of sp³-hybridized carbons (Fsp3) is 0.711. The maximum atomic E-state index is 12.7. The molecule has 2 aromatic carbocycles. The summed E-state index contributed by atoms with van der Waals surface area (Å²) in [7, 11) is 1.97. The molecular formula is C97H159N7O4. The molecule has 4 aromatic rings. The van der Waals surface area contributed by atoms with E-state index in [9.17, 15) is 19.2 Å². The predicted molar refractivity (Wildman–Crippen MR) is 458 cm³/mol. The second-order valence-corrected chi connectivity index (χ2v) is 40.9. The largest absolute Gasteiger partial charge is 0.386 e. The van der Waals surface area contributed by atoms with Crippen LogP contribution in [-0.2, 0) is 11.3 Å². The van der Waals surface area contributed by atoms with Crippen molar-refractivity contribution in [1.82, 2.24) is 36.1 Å². The maximum absolute atomic E-state index is 12.7. The van der Waals surface area contributed by atoms with E-state index < -0.39 is 0 Å². The number of nitrogens with zero attached hydrogens (tertiary/aromatic N) is 3. The summed E-state index contributed by atoms with van der Waals surface area (Å²) < 4.78 is 0. The Balaban J connectivity index is 0.000000243. The monoisotopic (exact) mass is 1490 g/mol. The number of pyridine rings is 2. The van der Waals surface area contributed by atoms with Crippen molar-refractivity contribution in [3.8, 4) is 0 Å². The number of nitrogens with one attached hydrogen (secondary N) is 4. The Morgan fingerprint density at radius 3 is 1.08 bits per heavy atom. The third kappa shape index (κ3) is 23.6. The van der Waals surface area contributed by atoms with Gasteiger partial charge in [-0.3, -0.25) is 29.1 Å². The zero-order chi connectivity index (χ0) is 81.2. The van der Waals surface area contributed by atoms with Crippen LogP contribution in [-0.4, -0.2) is 69.7 Å². The van der Waals surface area contributed by atoms with Crippen molar-refractivity contribution in [1.29, 1.82) is 0 Å². The quantitative estimate of drug-likeness (QED) is 0.0874. The average molecular weight is 1490 g/mol. The number of hydrogen-bond acceptors (Lipinski definition) is 7. The van der Waals surface area contributed by atoms with E-state index in [1.807, 2.05) is 73.5 Å². The van der Waals surface area contributed by atoms with E-state index in [4.69, 9.17) is 0 Å². The third-order valence-electron chi connectivity index (χ3n) is 29.1. The molecule has 0 bridgehead atoms. The Kier molecular flexibility index (Phi) is 33.6. The summed E-state index contributed by atoms with van der Waals surface area (Å²) in [6, 6.07) is 28.6. The number of allylic oxidation sites excluding steroid dienone is 1. The molecule has 5 fully saturated rings. The number of aryl methyl sites for hydroxylation is 1. The topological polar surface area (TPSA) is 145 Å². The Labute approximate surface area is 661 Å². The van der Waals surface area contributed by atoms with Crippen molar-refractivity contribution in [2.24, 2.45) is 89.7 Å². The van der Waals surface area contributed by atoms with Crippen LogP contribution in [0.15, 0.2) is 116 Å². The summed E-state index contributed by atoms with van der Waals surface area (Å²) in [5, 5.41) is 13.1. The summed E-state index contributed by atoms with van der Waals surface area (Å²) in [6.45, 7) is 67.9. The lowest BCUT2D eigenvalue weighted by molar-refractivity contribution is -0.128. The average Bonchev–Trinajstić information content (AvgIpc) is 0.800. The fourth-order valence-electron chi connectivity index (χ4n) is 21.7. The van der Waals surface area contributed by atoms with Gasteiger partial charge in [0, 0.05) is 90.3 Å². The highest BCUT2D eigenvalue weighted by molar-refractivity contribution is 5.95. The molecule has 108 heavy (non-hydrogen) atoms. The van der Waals surface area contributed by atoms with E-state index in [1.54, 1.807) is 36.8 Å². The number of aromatic nitrogens is 2. The fourth-order valence-corrected chi connectivity index (χ4v) is 21.7. The van der Waals surface area contributed by atoms with Crippen LogP contribution in [0.2, 0.25) is 0 Å². The van der Waals surface area contributed by atoms with Gasteiger partial charge in [0.05, 0.1) is 0 Å². The molecule has 0 aliphatic heterocycles. The molecule has 11 nitrogen and oxygen atoms in total. The smallest absolute Gasteiger partial charge is 0.253 e. The highest BCUT2D eigenvalue weighted by Gasteiger charge is 2.52. The molecule has 0 atom stereocenters. The molecule has 5 aliphatic rings. The molecule has 4 amide bonds. The van der Waals surface area contributed by atoms with Gasteiger partial charge in [-0.1, -0.05) is 228 Å². The number of carbonyl (C=O) groups is 4. The second kappa shape index (κ2) is 39.1. The van der Waals surface area contributed by atoms with Crippen LogP contribution < -0.4 is 21.3 Å². The summed E-state index contributed by atoms with van der Waals surface area (Å²) in [5.41, 5.74) is 9.04. The van der Waals surface area contributed by atoms with Crippen molar-refractivity contribution in [3.05, 3.63) is 144 Å². The van der Waals surface area contributed by atoms with E-state index in [2.05, 4.69) is 230 Å². The third-order valence-corrected chi connectivity index (χ3v) is 29.1. The molecule has 2 heterocycles. The standard InChI is InChI=1S/2C21H33NO.C20H32N2O.C19H30N2O.C16H31N/c1-16(2)21(20(3,4)5)14-12-18(13-15-21)22(6)19(23)17-10-8-7-9-11-17;1-16(2)21(20(3,4)5)13-11-18(12-14-21)19(23)22-15-17-9-7-6-8-10-17;1-14(2)20(19(4,5)6)10-7-17(8-11-20)22-18(23)16-9-12-21-15(3)13-16;1-14(2)19(18(3,4)5)10-6-16(7-11-19)21-17(22)15-8-12-20-13-9-15;1-12(2)16(15(5,6)7)10-8-14(9-11-16)17-13(3)4/h7-11,16,18H,12-15H2,1-6H3;6-10,16,18H,11-15H2,1-5H3,(H,22,23);9,12-14,17H,7-8,10-11H2,1-6H3,(H,22,23);8-9,12-14,16H,6-7,10-11H2,1-5H3,(H,21,22);12,14,17H,3,8-11H2,1-2,4-7H3. The van der Waals surface area contributed by atoms with Crippen LogP contribution in [0.3, 0.4) is 0 Å². The van der Waals surface area contributed by atoms with Crippen molar-refractivity contribution in [2.45, 2.75) is 346 Å². The number of amides is 4. The Morgan fingerprint density at radius 2 is 0.750 bits per heavy atom. The summed E-state index contributed by atoms with van der Waals surface area (Å²) in [5.74, 6) is 4.10. The molecule has 5 saturated carbocycles. The van der Waals surface area contributed by atoms with E-state index in [-0.39, 0.29) is 29.5 Å². The Bertz CT molecular complexity index is 3370. The van der Waals surface area contributed by atoms with Gasteiger partial charge in [0.25, 0.3) is 17.7 Å². The number of rotatable bonds is 16. The van der Waals surface area contributed by atoms with Gasteiger partial charge in [0.2, 0.25) is 5.91 Å². The van der Waals surface area contributed by atoms with Gasteiger partial charge in [-0.2, -0.15) is 0 Å². The molecule has 0 spiro atoms. The van der Waals surface area contributed by atoms with Gasteiger partial charge in [-0.25, -0.2) is 0 Å². The van der Waals surface area contributed by atoms with Crippen LogP contribution in [0.1, 0.15) is 351 Å². The highest BCUT2D eigenvalue weighted by atomic mass is 16.2. The molecule has 606 valence electrons. The van der Waals surface area contributed by atoms with Crippen molar-refractivity contribution < 1.29 is 19.2 Å². The first-order valence-electron chi connectivity index (χ1n) is 42.6. The highest BCUT2D eigenvalue weighted by Crippen LogP contribution is 2.59. The number of benzene rings is 2. The van der Waals surface area contributed by atoms with E-state index in [0.717, 1.165) is 87.1 Å². The molecular weight excluding hydrogens is 1330 g/mol. The van der Waals surface area contributed by atoms with Crippen LogP contribution in [0.5, 0.6) is 0 Å². The maximum Gasteiger partial charge on any atom is 0.253 e. The van der Waals surface area contributed by atoms with Gasteiger partial charge in [0.15, 0.2) is 0 Å². The number of carbonyl (C=O) groups excluding carboxylic acids is 4. The molecule has 0 saturated heterocycles. The number of hydrogen-bond donors (Lipinski definition) is 4. The molecule has 2 aromatic heterocycles. The molecule has 0 radical (unpaired) electrons. The van der Waals surface area contributed by atoms with Gasteiger partial charge in [-0.15, -0.1) is 0 Å². The van der Waals surface area contributed by atoms with Crippen LogP contribution in [0.4, 0.5) is 0 Å². The van der Waals surface area contributed by atoms with Gasteiger partial charge < -0.3 is 26.2 Å². The van der Waals surface area contributed by atoms with E-state index in [0.29, 0.717) is 120 Å². The lowest BCUT2D eigenvalue weighted by Crippen LogP contribution is -2.48. The SMILES string of the molecule is C=C(C)NC1CCC(C(C)C)(C(C)(C)C)CC1.CC(C)C1(C(C)(C)C)CCC(C(=O)NCc2ccccc2)CC1.CC(C)C1(C(C)(C)C)CCC(N(C)C(=O)c2ccccc2)CC1.CC(C)C1(C(C)(C)C)CCC(NC(=O)c2ccncc2)CC1.Cc1cc(C(=O)NC2CCC(C(C)C)(C(C)(C)C)CC2)ccn1. The molecule has 11 heteroatoms. The molecule has 9 rings (SSSR count). The van der Waals surface area contributed by atoms with Crippen molar-refractivity contribution in [2.75, 3.05) is 7.05 Å². The normalized spacial score (nSPS) is 26.3. The van der Waals surface area contributed by atoms with Crippen molar-refractivity contribution in [3.63, 3.8) is 0 Å². The zero-order valence-corrected chi connectivity index (χ0v) is 74.1. The Morgan fingerprint density at radius 1 is 0.435 bits per heavy atom. The van der Waals surface area contributed by atoms with Gasteiger partial charge >= 0.3 is 0 Å². The van der Waals surface area contributed by atoms with Gasteiger partial charge in [0.1, 0.15) is 0 Å². The molecule has 0 unspecified atom stereocenters. The van der Waals surface area contributed by atoms with Crippen molar-refractivity contribution >= 4 is 23.6 Å². The second-order valence-electron chi connectivity index (χ2n) is 40.9. The van der Waals surface area contributed by atoms with E-state index >= 15 is 0 Å². The Hall–Kier alpha value is -5.84. The minimum Gasteiger partial charge on any atom is -0.386 e. The van der Waals surface area contributed by atoms with Crippen LogP contribution in [0.25, 0.3) is 0 Å². The summed E-state index contributed by atoms with van der Waals surface area (Å²) >= 11 is 0.